The number of sulfonamides is 1. The molecule has 1 saturated heterocycles. The fourth-order valence-electron chi connectivity index (χ4n) is 3.44. The smallest absolute Gasteiger partial charge is 0.243 e. The molecular weight excluding hydrogens is 423 g/mol. The highest BCUT2D eigenvalue weighted by molar-refractivity contribution is 7.89. The molecule has 1 aromatic carbocycles. The number of ether oxygens (including phenoxy) is 1. The van der Waals surface area contributed by atoms with Gasteiger partial charge in [-0.3, -0.25) is 0 Å². The summed E-state index contributed by atoms with van der Waals surface area (Å²) >= 11 is 0. The molecule has 0 N–H and O–H groups in total. The van der Waals surface area contributed by atoms with Crippen LogP contribution in [-0.4, -0.2) is 65.3 Å². The predicted molar refractivity (Wildman–Crippen MR) is 112 cm³/mol. The van der Waals surface area contributed by atoms with E-state index < -0.39 is 15.8 Å². The molecule has 1 aliphatic rings. The van der Waals surface area contributed by atoms with Crippen molar-refractivity contribution in [2.24, 2.45) is 0 Å². The molecule has 1 aliphatic heterocycles. The molecule has 4 rings (SSSR count). The normalized spacial score (nSPS) is 15.3. The molecule has 31 heavy (non-hydrogen) atoms. The molecule has 0 spiro atoms. The Bertz CT molecular complexity index is 1160. The Kier molecular flexibility index (Phi) is 5.88. The van der Waals surface area contributed by atoms with Crippen LogP contribution in [0.2, 0.25) is 0 Å². The Hall–Kier alpha value is -3.05. The van der Waals surface area contributed by atoms with Crippen LogP contribution in [0.4, 0.5) is 10.2 Å². The SMILES string of the molecule is CCOc1ccc(S(=O)(=O)N2CCN(c3cc(-n4cccn4)nc(C)n3)CC2)cc1F. The maximum Gasteiger partial charge on any atom is 0.243 e. The van der Waals surface area contributed by atoms with E-state index >= 15 is 0 Å². The lowest BCUT2D eigenvalue weighted by atomic mass is 10.3. The third-order valence-electron chi connectivity index (χ3n) is 4.95. The Morgan fingerprint density at radius 2 is 1.84 bits per heavy atom. The van der Waals surface area contributed by atoms with Crippen LogP contribution in [0, 0.1) is 12.7 Å². The van der Waals surface area contributed by atoms with E-state index in [1.54, 1.807) is 30.9 Å². The number of hydrogen-bond donors (Lipinski definition) is 0. The molecule has 1 fully saturated rings. The number of halogens is 1. The Morgan fingerprint density at radius 3 is 2.48 bits per heavy atom. The molecule has 0 radical (unpaired) electrons. The number of anilines is 1. The van der Waals surface area contributed by atoms with Crippen molar-refractivity contribution in [3.63, 3.8) is 0 Å². The predicted octanol–water partition coefficient (Wildman–Crippen LogP) is 2.02. The quantitative estimate of drug-likeness (QED) is 0.572. The third kappa shape index (κ3) is 4.37. The zero-order valence-corrected chi connectivity index (χ0v) is 18.1. The van der Waals surface area contributed by atoms with Crippen molar-refractivity contribution in [2.75, 3.05) is 37.7 Å². The van der Waals surface area contributed by atoms with Crippen molar-refractivity contribution in [3.05, 3.63) is 54.4 Å². The minimum absolute atomic E-state index is 0.0402. The van der Waals surface area contributed by atoms with Gasteiger partial charge in [-0.2, -0.15) is 9.40 Å². The lowest BCUT2D eigenvalue weighted by Crippen LogP contribution is -2.49. The zero-order chi connectivity index (χ0) is 22.0. The molecule has 0 aliphatic carbocycles. The van der Waals surface area contributed by atoms with Crippen LogP contribution in [0.3, 0.4) is 0 Å². The average molecular weight is 447 g/mol. The van der Waals surface area contributed by atoms with Gasteiger partial charge in [0.1, 0.15) is 11.6 Å². The fraction of sp³-hybridized carbons (Fsp3) is 0.350. The first kappa shape index (κ1) is 21.2. The van der Waals surface area contributed by atoms with Crippen molar-refractivity contribution < 1.29 is 17.5 Å². The van der Waals surface area contributed by atoms with Crippen LogP contribution >= 0.6 is 0 Å². The lowest BCUT2D eigenvalue weighted by Gasteiger charge is -2.34. The van der Waals surface area contributed by atoms with Gasteiger partial charge in [-0.1, -0.05) is 0 Å². The number of aryl methyl sites for hydroxylation is 1. The van der Waals surface area contributed by atoms with Gasteiger partial charge < -0.3 is 9.64 Å². The summed E-state index contributed by atoms with van der Waals surface area (Å²) in [5.41, 5.74) is 0. The Morgan fingerprint density at radius 1 is 1.10 bits per heavy atom. The van der Waals surface area contributed by atoms with Gasteiger partial charge in [0, 0.05) is 44.6 Å². The highest BCUT2D eigenvalue weighted by Crippen LogP contribution is 2.25. The minimum Gasteiger partial charge on any atom is -0.491 e. The van der Waals surface area contributed by atoms with Crippen molar-refractivity contribution in [1.82, 2.24) is 24.1 Å². The molecule has 11 heteroatoms. The summed E-state index contributed by atoms with van der Waals surface area (Å²) in [6.07, 6.45) is 3.47. The molecule has 0 amide bonds. The molecule has 0 saturated carbocycles. The van der Waals surface area contributed by atoms with E-state index in [-0.39, 0.29) is 23.7 Å². The Labute approximate surface area is 180 Å². The van der Waals surface area contributed by atoms with Gasteiger partial charge in [0.2, 0.25) is 10.0 Å². The number of hydrogen-bond acceptors (Lipinski definition) is 7. The van der Waals surface area contributed by atoms with Gasteiger partial charge in [-0.05, 0) is 38.1 Å². The van der Waals surface area contributed by atoms with Crippen molar-refractivity contribution in [2.45, 2.75) is 18.7 Å². The fourth-order valence-corrected chi connectivity index (χ4v) is 4.88. The summed E-state index contributed by atoms with van der Waals surface area (Å²) in [6, 6.07) is 7.37. The first-order valence-electron chi connectivity index (χ1n) is 9.91. The molecule has 0 bridgehead atoms. The van der Waals surface area contributed by atoms with E-state index in [1.165, 1.54) is 16.4 Å². The van der Waals surface area contributed by atoms with E-state index in [4.69, 9.17) is 4.74 Å². The van der Waals surface area contributed by atoms with Gasteiger partial charge in [0.25, 0.3) is 0 Å². The van der Waals surface area contributed by atoms with Crippen molar-refractivity contribution >= 4 is 15.8 Å². The van der Waals surface area contributed by atoms with Gasteiger partial charge in [-0.15, -0.1) is 0 Å². The second kappa shape index (κ2) is 8.60. The largest absolute Gasteiger partial charge is 0.491 e. The Balaban J connectivity index is 1.49. The summed E-state index contributed by atoms with van der Waals surface area (Å²) in [5.74, 6) is 1.31. The summed E-state index contributed by atoms with van der Waals surface area (Å²) in [5, 5.41) is 4.20. The highest BCUT2D eigenvalue weighted by atomic mass is 32.2. The summed E-state index contributed by atoms with van der Waals surface area (Å²) in [6.45, 7) is 5.27. The van der Waals surface area contributed by atoms with Crippen LogP contribution in [0.15, 0.2) is 47.6 Å². The van der Waals surface area contributed by atoms with E-state index in [2.05, 4.69) is 15.1 Å². The van der Waals surface area contributed by atoms with Gasteiger partial charge in [-0.25, -0.2) is 27.5 Å². The van der Waals surface area contributed by atoms with Crippen LogP contribution in [-0.2, 0) is 10.0 Å². The topological polar surface area (TPSA) is 93.5 Å². The van der Waals surface area contributed by atoms with E-state index in [9.17, 15) is 12.8 Å². The number of aromatic nitrogens is 4. The number of piperazine rings is 1. The third-order valence-corrected chi connectivity index (χ3v) is 6.85. The van der Waals surface area contributed by atoms with Crippen molar-refractivity contribution in [1.29, 1.82) is 0 Å². The number of rotatable bonds is 6. The van der Waals surface area contributed by atoms with Gasteiger partial charge >= 0.3 is 0 Å². The average Bonchev–Trinajstić information content (AvgIpc) is 3.30. The molecule has 0 atom stereocenters. The first-order valence-corrected chi connectivity index (χ1v) is 11.4. The second-order valence-corrected chi connectivity index (χ2v) is 8.94. The molecule has 3 aromatic rings. The van der Waals surface area contributed by atoms with E-state index in [0.717, 1.165) is 6.07 Å². The second-order valence-electron chi connectivity index (χ2n) is 7.00. The molecule has 3 heterocycles. The van der Waals surface area contributed by atoms with Gasteiger partial charge in [0.05, 0.1) is 11.5 Å². The van der Waals surface area contributed by atoms with E-state index in [0.29, 0.717) is 37.2 Å². The summed E-state index contributed by atoms with van der Waals surface area (Å²) in [7, 11) is -3.81. The van der Waals surface area contributed by atoms with Crippen LogP contribution in [0.25, 0.3) is 5.82 Å². The van der Waals surface area contributed by atoms with Gasteiger partial charge in [0.15, 0.2) is 17.4 Å². The van der Waals surface area contributed by atoms with Crippen LogP contribution < -0.4 is 9.64 Å². The lowest BCUT2D eigenvalue weighted by molar-refractivity contribution is 0.321. The molecule has 2 aromatic heterocycles. The van der Waals surface area contributed by atoms with Crippen molar-refractivity contribution in [3.8, 4) is 11.6 Å². The molecule has 0 unspecified atom stereocenters. The molecule has 9 nitrogen and oxygen atoms in total. The number of nitrogens with zero attached hydrogens (tertiary/aromatic N) is 6. The minimum atomic E-state index is -3.81. The standard InChI is InChI=1S/C20H23FN6O3S/c1-3-30-18-6-5-16(13-17(18)21)31(28,29)26-11-9-25(10-12-26)19-14-20(24-15(2)23-19)27-8-4-7-22-27/h4-8,13-14H,3,9-12H2,1-2H3. The highest BCUT2D eigenvalue weighted by Gasteiger charge is 2.30. The van der Waals surface area contributed by atoms with Crippen LogP contribution in [0.5, 0.6) is 5.75 Å². The zero-order valence-electron chi connectivity index (χ0n) is 17.3. The maximum atomic E-state index is 14.2. The molecular formula is C20H23FN6O3S. The summed E-state index contributed by atoms with van der Waals surface area (Å²) < 4.78 is 48.3. The maximum absolute atomic E-state index is 14.2. The first-order chi connectivity index (χ1) is 14.9. The number of benzene rings is 1. The molecule has 164 valence electrons. The van der Waals surface area contributed by atoms with E-state index in [1.807, 2.05) is 17.0 Å². The summed E-state index contributed by atoms with van der Waals surface area (Å²) in [4.78, 5) is 10.8. The van der Waals surface area contributed by atoms with Crippen LogP contribution in [0.1, 0.15) is 12.7 Å². The monoisotopic (exact) mass is 446 g/mol.